The second-order valence-corrected chi connectivity index (χ2v) is 12.4. The number of carbonyl (C=O) groups excluding carboxylic acids is 3. The van der Waals surface area contributed by atoms with Crippen LogP contribution in [0, 0.1) is 18.8 Å². The molecule has 3 saturated heterocycles. The summed E-state index contributed by atoms with van der Waals surface area (Å²) in [5.41, 5.74) is 2.31. The molecule has 5 atom stereocenters. The Labute approximate surface area is 220 Å². The number of rotatable bonds is 7. The number of aliphatic hydroxyl groups excluding tert-OH is 1. The number of likely N-dealkylation sites (tertiary alicyclic amines) is 1. The summed E-state index contributed by atoms with van der Waals surface area (Å²) in [6.45, 7) is 4.04. The molecule has 0 aliphatic carbocycles. The Morgan fingerprint density at radius 1 is 1.14 bits per heavy atom. The van der Waals surface area contributed by atoms with Crippen LogP contribution in [0.15, 0.2) is 48.5 Å². The lowest BCUT2D eigenvalue weighted by molar-refractivity contribution is -0.140. The van der Waals surface area contributed by atoms with Gasteiger partial charge in [-0.2, -0.15) is 0 Å². The van der Waals surface area contributed by atoms with Crippen LogP contribution < -0.4 is 10.6 Å². The highest BCUT2D eigenvalue weighted by Crippen LogP contribution is 2.71. The first kappa shape index (κ1) is 25.1. The maximum absolute atomic E-state index is 13.8. The van der Waals surface area contributed by atoms with Crippen LogP contribution in [-0.2, 0) is 20.9 Å². The molecule has 3 heterocycles. The topological polar surface area (TPSA) is 98.7 Å². The second-order valence-electron chi connectivity index (χ2n) is 10.1. The number of benzene rings is 2. The van der Waals surface area contributed by atoms with E-state index in [9.17, 15) is 19.5 Å². The van der Waals surface area contributed by atoms with Gasteiger partial charge in [-0.25, -0.2) is 0 Å². The van der Waals surface area contributed by atoms with Crippen LogP contribution in [0.25, 0.3) is 0 Å². The summed E-state index contributed by atoms with van der Waals surface area (Å²) in [6, 6.07) is 14.2. The first-order valence-corrected chi connectivity index (χ1v) is 13.4. The maximum Gasteiger partial charge on any atom is 0.248 e. The largest absolute Gasteiger partial charge is 0.395 e. The van der Waals surface area contributed by atoms with Crippen molar-refractivity contribution in [2.45, 2.75) is 48.8 Å². The van der Waals surface area contributed by atoms with Crippen molar-refractivity contribution in [2.24, 2.45) is 11.8 Å². The number of carbonyl (C=O) groups is 3. The number of aliphatic hydroxyl groups is 1. The number of fused-ring (bicyclic) bond motifs is 1. The molecule has 5 rings (SSSR count). The summed E-state index contributed by atoms with van der Waals surface area (Å²) in [5, 5.41) is 16.2. The van der Waals surface area contributed by atoms with Crippen molar-refractivity contribution in [3.8, 4) is 0 Å². The number of β-amino-alcohol motifs (C(OH)–C–C–N with tert-alkyl or cyclic N) is 1. The predicted molar refractivity (Wildman–Crippen MR) is 141 cm³/mol. The van der Waals surface area contributed by atoms with E-state index >= 15 is 0 Å². The Bertz CT molecular complexity index is 1190. The molecule has 2 bridgehead atoms. The van der Waals surface area contributed by atoms with Crippen molar-refractivity contribution in [3.05, 3.63) is 64.7 Å². The second kappa shape index (κ2) is 9.39. The van der Waals surface area contributed by atoms with Crippen LogP contribution in [0.1, 0.15) is 30.9 Å². The number of thioether (sulfide) groups is 1. The van der Waals surface area contributed by atoms with Crippen LogP contribution >= 0.6 is 23.4 Å². The number of hydrogen-bond donors (Lipinski definition) is 3. The summed E-state index contributed by atoms with van der Waals surface area (Å²) in [7, 11) is 0. The minimum absolute atomic E-state index is 0.0340. The molecule has 9 heteroatoms. The fourth-order valence-corrected chi connectivity index (χ4v) is 8.98. The molecule has 3 aliphatic heterocycles. The average Bonchev–Trinajstić information content (AvgIpc) is 3.42. The van der Waals surface area contributed by atoms with Gasteiger partial charge in [-0.1, -0.05) is 54.1 Å². The fourth-order valence-electron chi connectivity index (χ4n) is 6.35. The minimum atomic E-state index is -0.809. The Morgan fingerprint density at radius 2 is 1.89 bits per heavy atom. The normalized spacial score (nSPS) is 30.4. The van der Waals surface area contributed by atoms with Gasteiger partial charge in [-0.15, -0.1) is 11.8 Å². The number of amides is 3. The Hall–Kier alpha value is -2.55. The van der Waals surface area contributed by atoms with Crippen molar-refractivity contribution in [2.75, 3.05) is 18.5 Å². The molecule has 0 saturated carbocycles. The van der Waals surface area contributed by atoms with Gasteiger partial charge in [-0.05, 0) is 43.9 Å². The van der Waals surface area contributed by atoms with Crippen LogP contribution in [-0.4, -0.2) is 56.4 Å². The summed E-state index contributed by atoms with van der Waals surface area (Å²) < 4.78 is -1.19. The molecule has 1 spiro atoms. The molecule has 190 valence electrons. The van der Waals surface area contributed by atoms with Crippen molar-refractivity contribution in [1.82, 2.24) is 10.2 Å². The highest BCUT2D eigenvalue weighted by Gasteiger charge is 2.77. The Balaban J connectivity index is 1.46. The Kier molecular flexibility index (Phi) is 6.55. The van der Waals surface area contributed by atoms with E-state index in [-0.39, 0.29) is 30.9 Å². The lowest BCUT2D eigenvalue weighted by Crippen LogP contribution is -2.52. The molecule has 3 aliphatic rings. The van der Waals surface area contributed by atoms with Crippen molar-refractivity contribution >= 4 is 46.8 Å². The zero-order chi connectivity index (χ0) is 25.7. The molecule has 7 nitrogen and oxygen atoms in total. The fraction of sp³-hybridized carbons (Fsp3) is 0.444. The van der Waals surface area contributed by atoms with E-state index < -0.39 is 27.4 Å². The van der Waals surface area contributed by atoms with Gasteiger partial charge in [0, 0.05) is 17.8 Å². The van der Waals surface area contributed by atoms with E-state index in [2.05, 4.69) is 10.6 Å². The quantitative estimate of drug-likeness (QED) is 0.513. The number of para-hydroxylation sites is 1. The van der Waals surface area contributed by atoms with Gasteiger partial charge in [0.25, 0.3) is 0 Å². The van der Waals surface area contributed by atoms with Gasteiger partial charge < -0.3 is 20.6 Å². The molecule has 36 heavy (non-hydrogen) atoms. The van der Waals surface area contributed by atoms with E-state index in [1.165, 1.54) is 4.90 Å². The van der Waals surface area contributed by atoms with Crippen LogP contribution in [0.4, 0.5) is 5.69 Å². The monoisotopic (exact) mass is 527 g/mol. The lowest BCUT2D eigenvalue weighted by atomic mass is 9.66. The van der Waals surface area contributed by atoms with E-state index in [0.29, 0.717) is 23.7 Å². The van der Waals surface area contributed by atoms with Gasteiger partial charge in [0.05, 0.1) is 33.9 Å². The number of nitrogens with zero attached hydrogens (tertiary/aromatic N) is 1. The maximum atomic E-state index is 13.8. The smallest absolute Gasteiger partial charge is 0.248 e. The van der Waals surface area contributed by atoms with E-state index in [1.807, 2.05) is 56.3 Å². The molecule has 2 unspecified atom stereocenters. The number of hydrogen-bond acceptors (Lipinski definition) is 5. The third-order valence-corrected chi connectivity index (χ3v) is 10.2. The predicted octanol–water partition coefficient (Wildman–Crippen LogP) is 3.38. The standard InChI is InChI=1S/C27H30ClN3O4S/c1-16-7-6-10-18(28)21(16)30-24(34)22-27-12-11-26(2,36-27)19(20(27)25(35)31(22)13-14-32)23(33)29-15-17-8-4-3-5-9-17/h3-10,19-20,22,32H,11-15H2,1-2H3,(H,29,33)(H,30,34)/t19-,20+,22?,26+,27?/m1/s1. The van der Waals surface area contributed by atoms with E-state index in [4.69, 9.17) is 11.6 Å². The first-order chi connectivity index (χ1) is 17.2. The van der Waals surface area contributed by atoms with E-state index in [0.717, 1.165) is 17.5 Å². The SMILES string of the molecule is Cc1cccc(Cl)c1NC(=O)C1N(CCO)C(=O)[C@@H]2[C@H](C(=O)NCc3ccccc3)[C@]3(C)CCC12S3. The summed E-state index contributed by atoms with van der Waals surface area (Å²) in [6.07, 6.45) is 1.38. The highest BCUT2D eigenvalue weighted by atomic mass is 35.5. The molecule has 0 radical (unpaired) electrons. The van der Waals surface area contributed by atoms with Crippen LogP contribution in [0.2, 0.25) is 5.02 Å². The van der Waals surface area contributed by atoms with Gasteiger partial charge in [-0.3, -0.25) is 14.4 Å². The molecular formula is C27H30ClN3O4S. The van der Waals surface area contributed by atoms with Gasteiger partial charge in [0.1, 0.15) is 6.04 Å². The summed E-state index contributed by atoms with van der Waals surface area (Å²) >= 11 is 7.97. The van der Waals surface area contributed by atoms with Crippen LogP contribution in [0.3, 0.4) is 0 Å². The first-order valence-electron chi connectivity index (χ1n) is 12.2. The number of anilines is 1. The molecule has 0 aromatic heterocycles. The van der Waals surface area contributed by atoms with Gasteiger partial charge >= 0.3 is 0 Å². The number of halogens is 1. The molecule has 3 fully saturated rings. The molecule has 2 aromatic rings. The number of aryl methyl sites for hydroxylation is 1. The highest BCUT2D eigenvalue weighted by molar-refractivity contribution is 8.02. The molecule has 3 amide bonds. The van der Waals surface area contributed by atoms with Gasteiger partial charge in [0.2, 0.25) is 17.7 Å². The zero-order valence-electron chi connectivity index (χ0n) is 20.3. The van der Waals surface area contributed by atoms with Crippen LogP contribution in [0.5, 0.6) is 0 Å². The van der Waals surface area contributed by atoms with Crippen molar-refractivity contribution < 1.29 is 19.5 Å². The third kappa shape index (κ3) is 3.90. The summed E-state index contributed by atoms with van der Waals surface area (Å²) in [4.78, 5) is 42.6. The van der Waals surface area contributed by atoms with Crippen molar-refractivity contribution in [3.63, 3.8) is 0 Å². The zero-order valence-corrected chi connectivity index (χ0v) is 21.9. The minimum Gasteiger partial charge on any atom is -0.395 e. The molecular weight excluding hydrogens is 498 g/mol. The van der Waals surface area contributed by atoms with Gasteiger partial charge in [0.15, 0.2) is 0 Å². The molecule has 2 aromatic carbocycles. The molecule has 3 N–H and O–H groups in total. The Morgan fingerprint density at radius 3 is 2.58 bits per heavy atom. The third-order valence-electron chi connectivity index (χ3n) is 7.93. The van der Waals surface area contributed by atoms with E-state index in [1.54, 1.807) is 17.8 Å². The lowest BCUT2D eigenvalue weighted by Gasteiger charge is -2.35. The number of nitrogens with one attached hydrogen (secondary N) is 2. The van der Waals surface area contributed by atoms with Crippen molar-refractivity contribution in [1.29, 1.82) is 0 Å². The average molecular weight is 528 g/mol. The summed E-state index contributed by atoms with van der Waals surface area (Å²) in [5.74, 6) is -1.94.